The van der Waals surface area contributed by atoms with Gasteiger partial charge in [0.1, 0.15) is 0 Å². The molecule has 3 rings (SSSR count). The van der Waals surface area contributed by atoms with Crippen LogP contribution in [0.15, 0.2) is 54.6 Å². The highest BCUT2D eigenvalue weighted by atomic mass is 16.2. The van der Waals surface area contributed by atoms with Crippen molar-refractivity contribution in [1.82, 2.24) is 9.80 Å². The average molecular weight is 393 g/mol. The number of likely N-dealkylation sites (tertiary alicyclic amines) is 1. The monoisotopic (exact) mass is 392 g/mol. The summed E-state index contributed by atoms with van der Waals surface area (Å²) < 4.78 is 0. The minimum atomic E-state index is -0.568. The number of carbonyl (C=O) groups is 2. The summed E-state index contributed by atoms with van der Waals surface area (Å²) in [7, 11) is 3.62. The van der Waals surface area contributed by atoms with Crippen LogP contribution in [0.25, 0.3) is 11.1 Å². The van der Waals surface area contributed by atoms with Crippen LogP contribution in [0.1, 0.15) is 32.3 Å². The summed E-state index contributed by atoms with van der Waals surface area (Å²) >= 11 is 0. The van der Waals surface area contributed by atoms with Gasteiger partial charge in [-0.3, -0.25) is 9.59 Å². The summed E-state index contributed by atoms with van der Waals surface area (Å²) in [6.07, 6.45) is 1.88. The Morgan fingerprint density at radius 2 is 1.69 bits per heavy atom. The van der Waals surface area contributed by atoms with Crippen LogP contribution < -0.4 is 0 Å². The van der Waals surface area contributed by atoms with Crippen molar-refractivity contribution in [1.29, 1.82) is 0 Å². The lowest BCUT2D eigenvalue weighted by molar-refractivity contribution is -0.139. The third-order valence-electron chi connectivity index (χ3n) is 5.78. The van der Waals surface area contributed by atoms with Crippen LogP contribution in [0.2, 0.25) is 0 Å². The van der Waals surface area contributed by atoms with Gasteiger partial charge in [-0.15, -0.1) is 0 Å². The second kappa shape index (κ2) is 8.81. The highest BCUT2D eigenvalue weighted by Crippen LogP contribution is 2.39. The van der Waals surface area contributed by atoms with E-state index >= 15 is 0 Å². The molecule has 2 amide bonds. The first-order chi connectivity index (χ1) is 13.8. The maximum atomic E-state index is 13.3. The molecule has 4 heteroatoms. The average Bonchev–Trinajstić information content (AvgIpc) is 3.13. The van der Waals surface area contributed by atoms with Crippen molar-refractivity contribution in [3.05, 3.63) is 60.2 Å². The van der Waals surface area contributed by atoms with E-state index in [1.807, 2.05) is 49.3 Å². The van der Waals surface area contributed by atoms with E-state index in [4.69, 9.17) is 0 Å². The topological polar surface area (TPSA) is 40.6 Å². The molecule has 0 radical (unpaired) electrons. The Bertz CT molecular complexity index is 860. The SMILES string of the molecule is CC(C)CC(=O)N1CC[C@@](Cc2ccccc2-c2ccccc2)(C(=O)N(C)C)C1. The van der Waals surface area contributed by atoms with E-state index in [0.29, 0.717) is 38.3 Å². The van der Waals surface area contributed by atoms with Crippen LogP contribution >= 0.6 is 0 Å². The van der Waals surface area contributed by atoms with Gasteiger partial charge in [0.25, 0.3) is 0 Å². The minimum Gasteiger partial charge on any atom is -0.348 e. The van der Waals surface area contributed by atoms with Crippen molar-refractivity contribution in [2.75, 3.05) is 27.2 Å². The molecule has 0 aromatic heterocycles. The highest BCUT2D eigenvalue weighted by molar-refractivity contribution is 5.86. The van der Waals surface area contributed by atoms with E-state index in [-0.39, 0.29) is 11.8 Å². The maximum absolute atomic E-state index is 13.3. The summed E-state index contributed by atoms with van der Waals surface area (Å²) in [4.78, 5) is 29.6. The van der Waals surface area contributed by atoms with Gasteiger partial charge >= 0.3 is 0 Å². The molecule has 0 N–H and O–H groups in total. The first kappa shape index (κ1) is 21.1. The Balaban J connectivity index is 1.93. The van der Waals surface area contributed by atoms with Crippen molar-refractivity contribution in [2.24, 2.45) is 11.3 Å². The Labute approximate surface area is 174 Å². The zero-order chi connectivity index (χ0) is 21.0. The van der Waals surface area contributed by atoms with Gasteiger partial charge < -0.3 is 9.80 Å². The van der Waals surface area contributed by atoms with Gasteiger partial charge in [0, 0.05) is 33.6 Å². The third kappa shape index (κ3) is 4.69. The molecule has 1 atom stereocenters. The molecule has 0 unspecified atom stereocenters. The van der Waals surface area contributed by atoms with Crippen LogP contribution in [0.5, 0.6) is 0 Å². The molecule has 29 heavy (non-hydrogen) atoms. The third-order valence-corrected chi connectivity index (χ3v) is 5.78. The lowest BCUT2D eigenvalue weighted by Gasteiger charge is -2.32. The summed E-state index contributed by atoms with van der Waals surface area (Å²) in [6, 6.07) is 18.6. The minimum absolute atomic E-state index is 0.111. The van der Waals surface area contributed by atoms with Crippen molar-refractivity contribution in [3.63, 3.8) is 0 Å². The standard InChI is InChI=1S/C25H32N2O2/c1-19(2)16-23(28)27-15-14-25(18-27,24(29)26(3)4)17-21-12-8-9-13-22(21)20-10-6-5-7-11-20/h5-13,19H,14-18H2,1-4H3/t25-/m0/s1. The van der Waals surface area contributed by atoms with Crippen molar-refractivity contribution in [3.8, 4) is 11.1 Å². The molecule has 0 spiro atoms. The molecule has 154 valence electrons. The van der Waals surface area contributed by atoms with Crippen molar-refractivity contribution in [2.45, 2.75) is 33.1 Å². The number of hydrogen-bond donors (Lipinski definition) is 0. The molecule has 1 saturated heterocycles. The Morgan fingerprint density at radius 3 is 2.34 bits per heavy atom. The lowest BCUT2D eigenvalue weighted by Crippen LogP contribution is -2.44. The number of carbonyl (C=O) groups excluding carboxylic acids is 2. The van der Waals surface area contributed by atoms with Crippen LogP contribution in [-0.4, -0.2) is 48.8 Å². The first-order valence-corrected chi connectivity index (χ1v) is 10.5. The van der Waals surface area contributed by atoms with Crippen LogP contribution in [-0.2, 0) is 16.0 Å². The predicted octanol–water partition coefficient (Wildman–Crippen LogP) is 4.25. The fourth-order valence-electron chi connectivity index (χ4n) is 4.37. The summed E-state index contributed by atoms with van der Waals surface area (Å²) in [5, 5.41) is 0. The van der Waals surface area contributed by atoms with Gasteiger partial charge in [-0.25, -0.2) is 0 Å². The molecular formula is C25H32N2O2. The number of amides is 2. The normalized spacial score (nSPS) is 18.9. The van der Waals surface area contributed by atoms with E-state index < -0.39 is 5.41 Å². The molecule has 1 fully saturated rings. The van der Waals surface area contributed by atoms with Crippen LogP contribution in [0, 0.1) is 11.3 Å². The zero-order valence-corrected chi connectivity index (χ0v) is 18.0. The smallest absolute Gasteiger partial charge is 0.230 e. The van der Waals surface area contributed by atoms with E-state index in [2.05, 4.69) is 38.1 Å². The largest absolute Gasteiger partial charge is 0.348 e. The second-order valence-electron chi connectivity index (χ2n) is 8.84. The van der Waals surface area contributed by atoms with E-state index in [9.17, 15) is 9.59 Å². The van der Waals surface area contributed by atoms with Gasteiger partial charge in [0.05, 0.1) is 5.41 Å². The maximum Gasteiger partial charge on any atom is 0.230 e. The van der Waals surface area contributed by atoms with Gasteiger partial charge in [-0.05, 0) is 35.4 Å². The quantitative estimate of drug-likeness (QED) is 0.737. The number of hydrogen-bond acceptors (Lipinski definition) is 2. The molecule has 2 aromatic carbocycles. The Hall–Kier alpha value is -2.62. The molecule has 0 bridgehead atoms. The molecule has 1 aliphatic rings. The van der Waals surface area contributed by atoms with Crippen molar-refractivity contribution < 1.29 is 9.59 Å². The predicted molar refractivity (Wildman–Crippen MR) is 117 cm³/mol. The van der Waals surface area contributed by atoms with Crippen LogP contribution in [0.4, 0.5) is 0 Å². The molecule has 2 aromatic rings. The van der Waals surface area contributed by atoms with Gasteiger partial charge in [0.2, 0.25) is 11.8 Å². The Morgan fingerprint density at radius 1 is 1.03 bits per heavy atom. The molecule has 1 heterocycles. The van der Waals surface area contributed by atoms with Gasteiger partial charge in [-0.1, -0.05) is 68.4 Å². The molecule has 0 aliphatic carbocycles. The van der Waals surface area contributed by atoms with E-state index in [1.165, 1.54) is 0 Å². The summed E-state index contributed by atoms with van der Waals surface area (Å²) in [5.74, 6) is 0.589. The summed E-state index contributed by atoms with van der Waals surface area (Å²) in [6.45, 7) is 5.27. The number of nitrogens with zero attached hydrogens (tertiary/aromatic N) is 2. The van der Waals surface area contributed by atoms with E-state index in [1.54, 1.807) is 4.90 Å². The summed E-state index contributed by atoms with van der Waals surface area (Å²) in [5.41, 5.74) is 2.90. The highest BCUT2D eigenvalue weighted by Gasteiger charge is 2.46. The van der Waals surface area contributed by atoms with Gasteiger partial charge in [0.15, 0.2) is 0 Å². The van der Waals surface area contributed by atoms with Gasteiger partial charge in [-0.2, -0.15) is 0 Å². The molecule has 1 aliphatic heterocycles. The fraction of sp³-hybridized carbons (Fsp3) is 0.440. The van der Waals surface area contributed by atoms with Crippen molar-refractivity contribution >= 4 is 11.8 Å². The zero-order valence-electron chi connectivity index (χ0n) is 18.0. The van der Waals surface area contributed by atoms with E-state index in [0.717, 1.165) is 16.7 Å². The van der Waals surface area contributed by atoms with Crippen LogP contribution in [0.3, 0.4) is 0 Å². The molecule has 0 saturated carbocycles. The lowest BCUT2D eigenvalue weighted by atomic mass is 9.77. The fourth-order valence-corrected chi connectivity index (χ4v) is 4.37. The number of rotatable bonds is 6. The number of benzene rings is 2. The molecular weight excluding hydrogens is 360 g/mol. The molecule has 4 nitrogen and oxygen atoms in total. The second-order valence-corrected chi connectivity index (χ2v) is 8.84. The first-order valence-electron chi connectivity index (χ1n) is 10.5. The Kier molecular flexibility index (Phi) is 6.41.